The largest absolute Gasteiger partial charge is 0.487 e. The molecule has 216 valence electrons. The van der Waals surface area contributed by atoms with Gasteiger partial charge >= 0.3 is 11.9 Å². The molecule has 1 N–H and O–H groups in total. The molecule has 0 aliphatic heterocycles. The summed E-state index contributed by atoms with van der Waals surface area (Å²) in [5.41, 5.74) is 1.06. The predicted molar refractivity (Wildman–Crippen MR) is 151 cm³/mol. The molecule has 0 aliphatic carbocycles. The van der Waals surface area contributed by atoms with E-state index >= 15 is 0 Å². The molecule has 0 spiro atoms. The molecule has 1 unspecified atom stereocenters. The Kier molecular flexibility index (Phi) is 9.04. The molecule has 0 aliphatic rings. The minimum atomic E-state index is -2.68. The van der Waals surface area contributed by atoms with Crippen molar-refractivity contribution < 1.29 is 37.0 Å². The summed E-state index contributed by atoms with van der Waals surface area (Å²) < 4.78 is 55.4. The molecule has 0 saturated carbocycles. The van der Waals surface area contributed by atoms with Crippen LogP contribution in [-0.2, 0) is 32.1 Å². The molecule has 0 bridgehead atoms. The van der Waals surface area contributed by atoms with Gasteiger partial charge in [0.25, 0.3) is 11.3 Å². The van der Waals surface area contributed by atoms with Crippen molar-refractivity contribution in [3.63, 3.8) is 0 Å². The number of hydrogen-bond acceptors (Lipinski definition) is 7. The van der Waals surface area contributed by atoms with E-state index in [1.165, 1.54) is 41.0 Å². The lowest BCUT2D eigenvalue weighted by Crippen LogP contribution is -2.36. The number of nitrogens with zero attached hydrogens (tertiary/aromatic N) is 3. The highest BCUT2D eigenvalue weighted by molar-refractivity contribution is 7.80. The van der Waals surface area contributed by atoms with Gasteiger partial charge in [0.05, 0.1) is 18.3 Å². The Morgan fingerprint density at radius 1 is 1.10 bits per heavy atom. The number of ether oxygens (including phenoxy) is 3. The lowest BCUT2D eigenvalue weighted by Gasteiger charge is -2.25. The quantitative estimate of drug-likeness (QED) is 0.200. The maximum absolute atomic E-state index is 13.7. The van der Waals surface area contributed by atoms with Crippen molar-refractivity contribution in [2.75, 3.05) is 17.5 Å². The van der Waals surface area contributed by atoms with Gasteiger partial charge in [0.1, 0.15) is 47.3 Å². The number of benzene rings is 2. The van der Waals surface area contributed by atoms with Crippen molar-refractivity contribution in [3.05, 3.63) is 83.8 Å². The number of aromatic nitrogens is 2. The van der Waals surface area contributed by atoms with Crippen LogP contribution < -0.4 is 9.04 Å². The molecule has 2 heterocycles. The third-order valence-electron chi connectivity index (χ3n) is 5.70. The summed E-state index contributed by atoms with van der Waals surface area (Å²) in [5, 5.41) is 4.53. The fraction of sp³-hybridized carbons (Fsp3) is 0.276. The highest BCUT2D eigenvalue weighted by Crippen LogP contribution is 2.36. The first-order chi connectivity index (χ1) is 19.5. The fourth-order valence-electron chi connectivity index (χ4n) is 4.03. The normalized spacial score (nSPS) is 12.1. The van der Waals surface area contributed by atoms with Crippen molar-refractivity contribution in [1.82, 2.24) is 9.61 Å². The first-order valence-corrected chi connectivity index (χ1v) is 13.8. The molecule has 0 radical (unpaired) electrons. The molecule has 4 aromatic rings. The van der Waals surface area contributed by atoms with Crippen LogP contribution in [0.25, 0.3) is 16.8 Å². The Morgan fingerprint density at radius 2 is 1.78 bits per heavy atom. The SMILES string of the molecule is CCOC(=O)c1c(-c2ccc(F)cc2)nn2cc(N(CC(=O)OC(C)(C)C)S(=O)O)c(OCc3ccccc3)cc12. The van der Waals surface area contributed by atoms with Gasteiger partial charge in [-0.05, 0) is 57.5 Å². The van der Waals surface area contributed by atoms with Crippen LogP contribution in [0.15, 0.2) is 66.9 Å². The van der Waals surface area contributed by atoms with E-state index in [0.717, 1.165) is 9.87 Å². The Hall–Kier alpha value is -4.29. The van der Waals surface area contributed by atoms with Gasteiger partial charge in [-0.25, -0.2) is 17.9 Å². The number of anilines is 1. The molecule has 12 heteroatoms. The first kappa shape index (κ1) is 29.7. The van der Waals surface area contributed by atoms with Crippen LogP contribution in [0, 0.1) is 5.82 Å². The zero-order chi connectivity index (χ0) is 29.7. The predicted octanol–water partition coefficient (Wildman–Crippen LogP) is 5.18. The van der Waals surface area contributed by atoms with Gasteiger partial charge in [-0.1, -0.05) is 30.3 Å². The van der Waals surface area contributed by atoms with Crippen LogP contribution in [-0.4, -0.2) is 49.1 Å². The zero-order valence-corrected chi connectivity index (χ0v) is 23.8. The number of carbonyl (C=O) groups excluding carboxylic acids is 2. The average Bonchev–Trinajstić information content (AvgIpc) is 3.28. The van der Waals surface area contributed by atoms with Crippen molar-refractivity contribution >= 4 is 34.4 Å². The molecule has 2 aromatic heterocycles. The summed E-state index contributed by atoms with van der Waals surface area (Å²) in [5.74, 6) is -1.77. The summed E-state index contributed by atoms with van der Waals surface area (Å²) in [6.07, 6.45) is 1.38. The van der Waals surface area contributed by atoms with Gasteiger partial charge in [-0.3, -0.25) is 13.7 Å². The maximum atomic E-state index is 13.7. The van der Waals surface area contributed by atoms with Gasteiger partial charge in [0, 0.05) is 11.6 Å². The Bertz CT molecular complexity index is 1570. The highest BCUT2D eigenvalue weighted by atomic mass is 32.2. The van der Waals surface area contributed by atoms with Crippen LogP contribution >= 0.6 is 0 Å². The van der Waals surface area contributed by atoms with Gasteiger partial charge < -0.3 is 14.2 Å². The van der Waals surface area contributed by atoms with Crippen LogP contribution in [0.1, 0.15) is 43.6 Å². The smallest absolute Gasteiger partial charge is 0.342 e. The molecule has 4 rings (SSSR count). The summed E-state index contributed by atoms with van der Waals surface area (Å²) >= 11 is -2.68. The summed E-state index contributed by atoms with van der Waals surface area (Å²) in [4.78, 5) is 25.8. The summed E-state index contributed by atoms with van der Waals surface area (Å²) in [7, 11) is 0. The number of carbonyl (C=O) groups is 2. The Morgan fingerprint density at radius 3 is 2.39 bits per heavy atom. The zero-order valence-electron chi connectivity index (χ0n) is 23.0. The van der Waals surface area contributed by atoms with Crippen molar-refractivity contribution in [1.29, 1.82) is 0 Å². The maximum Gasteiger partial charge on any atom is 0.342 e. The van der Waals surface area contributed by atoms with Crippen molar-refractivity contribution in [3.8, 4) is 17.0 Å². The average molecular weight is 584 g/mol. The minimum Gasteiger partial charge on any atom is -0.487 e. The van der Waals surface area contributed by atoms with Crippen LogP contribution in [0.4, 0.5) is 10.1 Å². The monoisotopic (exact) mass is 583 g/mol. The molecule has 0 saturated heterocycles. The topological polar surface area (TPSA) is 120 Å². The van der Waals surface area contributed by atoms with Gasteiger partial charge in [0.15, 0.2) is 0 Å². The third-order valence-corrected chi connectivity index (χ3v) is 6.40. The fourth-order valence-corrected chi connectivity index (χ4v) is 4.55. The second kappa shape index (κ2) is 12.5. The van der Waals surface area contributed by atoms with Crippen LogP contribution in [0.2, 0.25) is 0 Å². The van der Waals surface area contributed by atoms with E-state index in [4.69, 9.17) is 14.2 Å². The van der Waals surface area contributed by atoms with Crippen LogP contribution in [0.3, 0.4) is 0 Å². The second-order valence-electron chi connectivity index (χ2n) is 9.93. The van der Waals surface area contributed by atoms with Crippen LogP contribution in [0.5, 0.6) is 5.75 Å². The molecule has 0 amide bonds. The van der Waals surface area contributed by atoms with Gasteiger partial charge in [0.2, 0.25) is 0 Å². The molecule has 1 atom stereocenters. The van der Waals surface area contributed by atoms with E-state index in [1.807, 2.05) is 30.3 Å². The number of halogens is 1. The van der Waals surface area contributed by atoms with E-state index in [9.17, 15) is 22.7 Å². The first-order valence-electron chi connectivity index (χ1n) is 12.7. The molecule has 41 heavy (non-hydrogen) atoms. The van der Waals surface area contributed by atoms with E-state index < -0.39 is 41.2 Å². The van der Waals surface area contributed by atoms with E-state index in [1.54, 1.807) is 27.7 Å². The summed E-state index contributed by atoms with van der Waals surface area (Å²) in [6.45, 7) is 6.32. The standard InChI is InChI=1S/C29H30FN3O7S/c1-5-38-28(35)26-22-15-24(39-18-19-9-7-6-8-10-19)23(33(41(36)37)17-25(34)40-29(2,3)4)16-32(22)31-27(26)20-11-13-21(30)14-12-20/h6-16H,5,17-18H2,1-4H3,(H,36,37). The van der Waals surface area contributed by atoms with Crippen molar-refractivity contribution in [2.24, 2.45) is 0 Å². The van der Waals surface area contributed by atoms with Gasteiger partial charge in [-0.15, -0.1) is 0 Å². The van der Waals surface area contributed by atoms with Crippen molar-refractivity contribution in [2.45, 2.75) is 39.9 Å². The number of fused-ring (bicyclic) bond motifs is 1. The lowest BCUT2D eigenvalue weighted by atomic mass is 10.1. The Balaban J connectivity index is 1.90. The van der Waals surface area contributed by atoms with E-state index in [0.29, 0.717) is 5.56 Å². The minimum absolute atomic E-state index is 0.0451. The van der Waals surface area contributed by atoms with Gasteiger partial charge in [-0.2, -0.15) is 5.10 Å². The third kappa shape index (κ3) is 7.27. The van der Waals surface area contributed by atoms with E-state index in [2.05, 4.69) is 5.10 Å². The lowest BCUT2D eigenvalue weighted by molar-refractivity contribution is -0.152. The number of hydrogen-bond donors (Lipinski definition) is 1. The molecule has 2 aromatic carbocycles. The summed E-state index contributed by atoms with van der Waals surface area (Å²) in [6, 6.07) is 16.1. The molecule has 0 fully saturated rings. The number of esters is 2. The van der Waals surface area contributed by atoms with E-state index in [-0.39, 0.29) is 41.4 Å². The molecular formula is C29H30FN3O7S. The number of pyridine rings is 1. The second-order valence-corrected chi connectivity index (χ2v) is 10.8. The molecule has 10 nitrogen and oxygen atoms in total. The highest BCUT2D eigenvalue weighted by Gasteiger charge is 2.28. The molecular weight excluding hydrogens is 553 g/mol. The number of rotatable bonds is 10. The Labute approximate surface area is 239 Å².